The van der Waals surface area contributed by atoms with Gasteiger partial charge < -0.3 is 0 Å². The van der Waals surface area contributed by atoms with Gasteiger partial charge in [-0.25, -0.2) is 0 Å². The summed E-state index contributed by atoms with van der Waals surface area (Å²) in [5.74, 6) is 6.56. The average molecular weight is 277 g/mol. The van der Waals surface area contributed by atoms with E-state index in [1.165, 1.54) is 16.2 Å². The summed E-state index contributed by atoms with van der Waals surface area (Å²) in [5, 5.41) is 4.72. The van der Waals surface area contributed by atoms with Crippen LogP contribution in [-0.2, 0) is 0 Å². The second kappa shape index (κ2) is 5.39. The molecule has 0 amide bonds. The molecule has 0 aliphatic rings. The minimum Gasteiger partial charge on any atom is -0.0616 e. The lowest BCUT2D eigenvalue weighted by Crippen LogP contribution is -1.80. The van der Waals surface area contributed by atoms with E-state index in [1.807, 2.05) is 24.3 Å². The molecule has 4 aromatic rings. The molecule has 0 atom stereocenters. The Morgan fingerprint density at radius 3 is 2.41 bits per heavy atom. The molecule has 0 aliphatic heterocycles. The Morgan fingerprint density at radius 2 is 1.45 bits per heavy atom. The maximum absolute atomic E-state index is 3.29. The van der Waals surface area contributed by atoms with Crippen molar-refractivity contribution < 1.29 is 0 Å². The van der Waals surface area contributed by atoms with E-state index in [1.54, 1.807) is 0 Å². The Labute approximate surface area is 130 Å². The van der Waals surface area contributed by atoms with Crippen LogP contribution in [-0.4, -0.2) is 0 Å². The van der Waals surface area contributed by atoms with Crippen molar-refractivity contribution in [3.8, 4) is 11.8 Å². The molecule has 4 rings (SSSR count). The predicted octanol–water partition coefficient (Wildman–Crippen LogP) is 5.19. The molecule has 0 nitrogen and oxygen atoms in total. The Balaban J connectivity index is 1.80. The minimum absolute atomic E-state index is 1.02. The third-order valence-corrected chi connectivity index (χ3v) is 3.79. The second-order valence-corrected chi connectivity index (χ2v) is 5.25. The van der Waals surface area contributed by atoms with E-state index in [0.29, 0.717) is 0 Å². The summed E-state index contributed by atoms with van der Waals surface area (Å²) in [5.41, 5.74) is 2.05. The van der Waals surface area contributed by atoms with Crippen molar-refractivity contribution in [3.05, 3.63) is 96.1 Å². The van der Waals surface area contributed by atoms with Crippen molar-refractivity contribution in [1.82, 2.24) is 0 Å². The number of fused-ring (bicyclic) bond motifs is 2. The number of hydrogen-bond acceptors (Lipinski definition) is 0. The first-order valence-corrected chi connectivity index (χ1v) is 7.30. The van der Waals surface area contributed by atoms with Gasteiger partial charge in [0.2, 0.25) is 0 Å². The third-order valence-electron chi connectivity index (χ3n) is 3.79. The summed E-state index contributed by atoms with van der Waals surface area (Å²) < 4.78 is 0. The van der Waals surface area contributed by atoms with Crippen molar-refractivity contribution in [3.63, 3.8) is 0 Å². The molecular weight excluding hydrogens is 264 g/mol. The van der Waals surface area contributed by atoms with E-state index in [4.69, 9.17) is 0 Å². The molecule has 0 heterocycles. The van der Waals surface area contributed by atoms with Crippen LogP contribution in [0.2, 0.25) is 0 Å². The molecule has 101 valence electrons. The number of rotatable bonds is 0. The molecule has 0 heteroatoms. The monoisotopic (exact) mass is 277 g/mol. The molecule has 0 unspecified atom stereocenters. The SMILES string of the molecule is C(#Cc1cccc2ccc[c]c12)c1ccc2ccccc2c1. The second-order valence-electron chi connectivity index (χ2n) is 5.25. The Hall–Kier alpha value is -3.04. The van der Waals surface area contributed by atoms with Crippen LogP contribution in [0.3, 0.4) is 0 Å². The fraction of sp³-hybridized carbons (Fsp3) is 0. The average Bonchev–Trinajstić information content (AvgIpc) is 2.60. The molecule has 0 aromatic heterocycles. The van der Waals surface area contributed by atoms with Gasteiger partial charge >= 0.3 is 0 Å². The minimum atomic E-state index is 1.02. The van der Waals surface area contributed by atoms with Crippen molar-refractivity contribution >= 4 is 21.5 Å². The molecule has 0 spiro atoms. The zero-order valence-electron chi connectivity index (χ0n) is 12.0. The van der Waals surface area contributed by atoms with Crippen molar-refractivity contribution in [2.24, 2.45) is 0 Å². The van der Waals surface area contributed by atoms with E-state index in [2.05, 4.69) is 72.5 Å². The number of hydrogen-bond donors (Lipinski definition) is 0. The van der Waals surface area contributed by atoms with Gasteiger partial charge in [0.05, 0.1) is 0 Å². The topological polar surface area (TPSA) is 0 Å². The Bertz CT molecular complexity index is 1020. The first-order valence-electron chi connectivity index (χ1n) is 7.30. The highest BCUT2D eigenvalue weighted by Gasteiger charge is 1.97. The summed E-state index contributed by atoms with van der Waals surface area (Å²) in [6.07, 6.45) is 0. The quantitative estimate of drug-likeness (QED) is 0.388. The van der Waals surface area contributed by atoms with Crippen LogP contribution in [0.4, 0.5) is 0 Å². The molecule has 22 heavy (non-hydrogen) atoms. The third kappa shape index (κ3) is 2.34. The molecular formula is C22H13. The summed E-state index contributed by atoms with van der Waals surface area (Å²) in [4.78, 5) is 0. The molecule has 0 N–H and O–H groups in total. The van der Waals surface area contributed by atoms with Gasteiger partial charge in [0.1, 0.15) is 0 Å². The summed E-state index contributed by atoms with van der Waals surface area (Å²) in [7, 11) is 0. The highest BCUT2D eigenvalue weighted by Crippen LogP contribution is 2.18. The predicted molar refractivity (Wildman–Crippen MR) is 92.7 cm³/mol. The molecule has 0 saturated heterocycles. The summed E-state index contributed by atoms with van der Waals surface area (Å²) >= 11 is 0. The van der Waals surface area contributed by atoms with Gasteiger partial charge in [0.15, 0.2) is 0 Å². The van der Waals surface area contributed by atoms with Crippen molar-refractivity contribution in [2.75, 3.05) is 0 Å². The highest BCUT2D eigenvalue weighted by molar-refractivity contribution is 5.88. The number of benzene rings is 4. The van der Waals surface area contributed by atoms with Crippen LogP contribution in [0.15, 0.2) is 78.9 Å². The fourth-order valence-electron chi connectivity index (χ4n) is 2.66. The zero-order valence-corrected chi connectivity index (χ0v) is 12.0. The zero-order chi connectivity index (χ0) is 14.8. The lowest BCUT2D eigenvalue weighted by Gasteiger charge is -1.99. The summed E-state index contributed by atoms with van der Waals surface area (Å²) in [6, 6.07) is 30.2. The Morgan fingerprint density at radius 1 is 0.636 bits per heavy atom. The first-order chi connectivity index (χ1) is 10.9. The van der Waals surface area contributed by atoms with Gasteiger partial charge in [0, 0.05) is 16.5 Å². The molecule has 1 radical (unpaired) electrons. The van der Waals surface area contributed by atoms with Crippen LogP contribution in [0.25, 0.3) is 21.5 Å². The van der Waals surface area contributed by atoms with Gasteiger partial charge in [-0.15, -0.1) is 0 Å². The normalized spacial score (nSPS) is 10.4. The van der Waals surface area contributed by atoms with Crippen molar-refractivity contribution in [1.29, 1.82) is 0 Å². The maximum atomic E-state index is 3.29. The molecule has 0 fully saturated rings. The van der Waals surface area contributed by atoms with E-state index in [9.17, 15) is 0 Å². The Kier molecular flexibility index (Phi) is 3.11. The first kappa shape index (κ1) is 12.7. The molecule has 4 aromatic carbocycles. The van der Waals surface area contributed by atoms with E-state index < -0.39 is 0 Å². The summed E-state index contributed by atoms with van der Waals surface area (Å²) in [6.45, 7) is 0. The van der Waals surface area contributed by atoms with Gasteiger partial charge in [-0.3, -0.25) is 0 Å². The van der Waals surface area contributed by atoms with Crippen LogP contribution in [0.5, 0.6) is 0 Å². The van der Waals surface area contributed by atoms with Crippen LogP contribution in [0.1, 0.15) is 11.1 Å². The van der Waals surface area contributed by atoms with E-state index in [-0.39, 0.29) is 0 Å². The standard InChI is InChI=1S/C22H13/c1-2-8-21-16-17(12-14-18(21)6-1)13-15-20-10-5-9-19-7-3-4-11-22(19)20/h1-10,12,14,16H. The van der Waals surface area contributed by atoms with Crippen LogP contribution >= 0.6 is 0 Å². The van der Waals surface area contributed by atoms with Crippen molar-refractivity contribution in [2.45, 2.75) is 0 Å². The van der Waals surface area contributed by atoms with Gasteiger partial charge in [-0.1, -0.05) is 72.5 Å². The van der Waals surface area contributed by atoms with E-state index in [0.717, 1.165) is 16.5 Å². The van der Waals surface area contributed by atoms with Crippen LogP contribution in [0, 0.1) is 17.9 Å². The largest absolute Gasteiger partial charge is 0.0616 e. The molecule has 0 saturated carbocycles. The molecule has 0 aliphatic carbocycles. The van der Waals surface area contributed by atoms with E-state index >= 15 is 0 Å². The van der Waals surface area contributed by atoms with Crippen LogP contribution < -0.4 is 0 Å². The van der Waals surface area contributed by atoms with Gasteiger partial charge in [-0.05, 0) is 40.4 Å². The maximum Gasteiger partial charge on any atom is 0.0333 e. The highest BCUT2D eigenvalue weighted by atomic mass is 14.0. The lowest BCUT2D eigenvalue weighted by atomic mass is 10.0. The smallest absolute Gasteiger partial charge is 0.0333 e. The molecule has 0 bridgehead atoms. The lowest BCUT2D eigenvalue weighted by molar-refractivity contribution is 1.67. The van der Waals surface area contributed by atoms with Gasteiger partial charge in [-0.2, -0.15) is 0 Å². The fourth-order valence-corrected chi connectivity index (χ4v) is 2.66. The van der Waals surface area contributed by atoms with Gasteiger partial charge in [0.25, 0.3) is 0 Å².